The van der Waals surface area contributed by atoms with Crippen LogP contribution in [-0.2, 0) is 23.8 Å². The summed E-state index contributed by atoms with van der Waals surface area (Å²) in [7, 11) is -1.59. The maximum Gasteiger partial charge on any atom is 0.264 e. The first-order valence-corrected chi connectivity index (χ1v) is 8.56. The molecule has 0 aromatic rings. The molecule has 0 aromatic carbocycles. The lowest BCUT2D eigenvalue weighted by molar-refractivity contribution is -0.0512. The van der Waals surface area contributed by atoms with E-state index in [-0.39, 0.29) is 12.2 Å². The summed E-state index contributed by atoms with van der Waals surface area (Å²) in [5.41, 5.74) is -0.219. The average molecular weight is 296 g/mol. The summed E-state index contributed by atoms with van der Waals surface area (Å²) in [6.45, 7) is 5.62. The molecule has 0 aliphatic carbocycles. The van der Waals surface area contributed by atoms with Crippen LogP contribution in [0.15, 0.2) is 0 Å². The maximum atomic E-state index is 10.7. The van der Waals surface area contributed by atoms with Gasteiger partial charge in [-0.05, 0) is 26.7 Å². The van der Waals surface area contributed by atoms with E-state index in [4.69, 9.17) is 9.47 Å². The molecule has 0 aliphatic rings. The van der Waals surface area contributed by atoms with E-state index in [1.54, 1.807) is 7.11 Å². The first-order chi connectivity index (χ1) is 8.77. The van der Waals surface area contributed by atoms with Crippen LogP contribution in [0.2, 0.25) is 0 Å². The van der Waals surface area contributed by atoms with Crippen molar-refractivity contribution in [3.05, 3.63) is 0 Å². The minimum atomic E-state index is -3.28. The van der Waals surface area contributed by atoms with Gasteiger partial charge in [0.05, 0.1) is 25.1 Å². The van der Waals surface area contributed by atoms with Gasteiger partial charge in [-0.15, -0.1) is 0 Å². The molecule has 19 heavy (non-hydrogen) atoms. The van der Waals surface area contributed by atoms with Crippen molar-refractivity contribution in [1.82, 2.24) is 0 Å². The van der Waals surface area contributed by atoms with Crippen LogP contribution in [0, 0.1) is 0 Å². The zero-order chi connectivity index (χ0) is 14.8. The molecule has 116 valence electrons. The molecule has 0 rings (SSSR count). The fraction of sp³-hybridized carbons (Fsp3) is 1.00. The van der Waals surface area contributed by atoms with Gasteiger partial charge in [0, 0.05) is 13.7 Å². The zero-order valence-corrected chi connectivity index (χ0v) is 13.4. The van der Waals surface area contributed by atoms with Gasteiger partial charge in [-0.2, -0.15) is 8.42 Å². The Morgan fingerprint density at radius 3 is 2.00 bits per heavy atom. The van der Waals surface area contributed by atoms with Gasteiger partial charge in [0.1, 0.15) is 0 Å². The molecular weight excluding hydrogens is 268 g/mol. The van der Waals surface area contributed by atoms with E-state index in [0.717, 1.165) is 45.0 Å². The third-order valence-electron chi connectivity index (χ3n) is 2.73. The van der Waals surface area contributed by atoms with E-state index in [1.165, 1.54) is 0 Å². The number of methoxy groups -OCH3 is 1. The van der Waals surface area contributed by atoms with Crippen molar-refractivity contribution in [1.29, 1.82) is 0 Å². The molecule has 5 nitrogen and oxygen atoms in total. The third kappa shape index (κ3) is 14.1. The standard InChI is InChI=1S/C13H28O5S/c1-13(2,16-3)12-17-10-8-6-5-7-9-11-18-19(4,14)15/h5-12H2,1-4H3. The summed E-state index contributed by atoms with van der Waals surface area (Å²) < 4.78 is 36.8. The van der Waals surface area contributed by atoms with Crippen LogP contribution in [-0.4, -0.2) is 47.2 Å². The molecule has 0 bridgehead atoms. The number of unbranched alkanes of at least 4 members (excludes halogenated alkanes) is 4. The van der Waals surface area contributed by atoms with Crippen molar-refractivity contribution in [3.8, 4) is 0 Å². The number of hydrogen-bond donors (Lipinski definition) is 0. The van der Waals surface area contributed by atoms with Crippen molar-refractivity contribution in [2.45, 2.75) is 51.6 Å². The van der Waals surface area contributed by atoms with Gasteiger partial charge in [0.2, 0.25) is 0 Å². The number of rotatable bonds is 12. The molecule has 0 heterocycles. The van der Waals surface area contributed by atoms with E-state index < -0.39 is 10.1 Å². The molecule has 0 unspecified atom stereocenters. The molecule has 0 spiro atoms. The summed E-state index contributed by atoms with van der Waals surface area (Å²) in [6.07, 6.45) is 6.03. The Balaban J connectivity index is 3.24. The van der Waals surface area contributed by atoms with E-state index >= 15 is 0 Å². The second-order valence-electron chi connectivity index (χ2n) is 5.31. The SMILES string of the molecule is COC(C)(C)COCCCCCCCOS(C)(=O)=O. The molecule has 6 heteroatoms. The Kier molecular flexibility index (Phi) is 9.60. The first kappa shape index (κ1) is 18.8. The van der Waals surface area contributed by atoms with E-state index in [1.807, 2.05) is 13.8 Å². The van der Waals surface area contributed by atoms with Crippen molar-refractivity contribution in [2.24, 2.45) is 0 Å². The van der Waals surface area contributed by atoms with E-state index in [0.29, 0.717) is 6.61 Å². The Bertz CT molecular complexity index is 311. The highest BCUT2D eigenvalue weighted by molar-refractivity contribution is 7.85. The van der Waals surface area contributed by atoms with Gasteiger partial charge in [0.15, 0.2) is 0 Å². The molecular formula is C13H28O5S. The van der Waals surface area contributed by atoms with Gasteiger partial charge < -0.3 is 9.47 Å². The fourth-order valence-corrected chi connectivity index (χ4v) is 1.84. The quantitative estimate of drug-likeness (QED) is 0.409. The minimum Gasteiger partial charge on any atom is -0.378 e. The molecule has 0 N–H and O–H groups in total. The van der Waals surface area contributed by atoms with Gasteiger partial charge in [-0.25, -0.2) is 0 Å². The van der Waals surface area contributed by atoms with Crippen LogP contribution in [0.25, 0.3) is 0 Å². The Hall–Kier alpha value is -0.170. The lowest BCUT2D eigenvalue weighted by atomic mass is 10.1. The average Bonchev–Trinajstić information content (AvgIpc) is 2.30. The number of hydrogen-bond acceptors (Lipinski definition) is 5. The Morgan fingerprint density at radius 1 is 0.947 bits per heavy atom. The van der Waals surface area contributed by atoms with Gasteiger partial charge in [-0.3, -0.25) is 4.18 Å². The molecule has 0 radical (unpaired) electrons. The predicted octanol–water partition coefficient (Wildman–Crippen LogP) is 2.35. The second kappa shape index (κ2) is 9.69. The van der Waals surface area contributed by atoms with Crippen molar-refractivity contribution < 1.29 is 22.1 Å². The molecule has 0 saturated carbocycles. The number of ether oxygens (including phenoxy) is 2. The molecule has 0 aliphatic heterocycles. The lowest BCUT2D eigenvalue weighted by Crippen LogP contribution is -2.29. The lowest BCUT2D eigenvalue weighted by Gasteiger charge is -2.22. The van der Waals surface area contributed by atoms with Crippen LogP contribution in [0.3, 0.4) is 0 Å². The monoisotopic (exact) mass is 296 g/mol. The maximum absolute atomic E-state index is 10.7. The van der Waals surface area contributed by atoms with E-state index in [2.05, 4.69) is 4.18 Å². The minimum absolute atomic E-state index is 0.219. The van der Waals surface area contributed by atoms with Crippen LogP contribution in [0.1, 0.15) is 46.0 Å². The highest BCUT2D eigenvalue weighted by Crippen LogP contribution is 2.09. The van der Waals surface area contributed by atoms with Crippen LogP contribution in [0.4, 0.5) is 0 Å². The van der Waals surface area contributed by atoms with Crippen LogP contribution < -0.4 is 0 Å². The van der Waals surface area contributed by atoms with E-state index in [9.17, 15) is 8.42 Å². The predicted molar refractivity (Wildman–Crippen MR) is 75.8 cm³/mol. The highest BCUT2D eigenvalue weighted by Gasteiger charge is 2.15. The highest BCUT2D eigenvalue weighted by atomic mass is 32.2. The van der Waals surface area contributed by atoms with Gasteiger partial charge in [0.25, 0.3) is 10.1 Å². The van der Waals surface area contributed by atoms with Crippen molar-refractivity contribution >= 4 is 10.1 Å². The van der Waals surface area contributed by atoms with Gasteiger partial charge >= 0.3 is 0 Å². The molecule has 0 amide bonds. The van der Waals surface area contributed by atoms with Gasteiger partial charge in [-0.1, -0.05) is 19.3 Å². The summed E-state index contributed by atoms with van der Waals surface area (Å²) in [5.74, 6) is 0. The molecule has 0 aromatic heterocycles. The topological polar surface area (TPSA) is 61.8 Å². The van der Waals surface area contributed by atoms with Crippen LogP contribution >= 0.6 is 0 Å². The summed E-state index contributed by atoms with van der Waals surface area (Å²) in [4.78, 5) is 0. The van der Waals surface area contributed by atoms with Crippen LogP contribution in [0.5, 0.6) is 0 Å². The zero-order valence-electron chi connectivity index (χ0n) is 12.6. The summed E-state index contributed by atoms with van der Waals surface area (Å²) in [6, 6.07) is 0. The summed E-state index contributed by atoms with van der Waals surface area (Å²) in [5, 5.41) is 0. The Labute approximate surface area is 117 Å². The molecule has 0 fully saturated rings. The Morgan fingerprint density at radius 2 is 1.47 bits per heavy atom. The van der Waals surface area contributed by atoms with Crippen molar-refractivity contribution in [3.63, 3.8) is 0 Å². The summed E-state index contributed by atoms with van der Waals surface area (Å²) >= 11 is 0. The smallest absolute Gasteiger partial charge is 0.264 e. The molecule has 0 saturated heterocycles. The second-order valence-corrected chi connectivity index (χ2v) is 6.95. The van der Waals surface area contributed by atoms with Crippen molar-refractivity contribution in [2.75, 3.05) is 33.2 Å². The largest absolute Gasteiger partial charge is 0.378 e. The first-order valence-electron chi connectivity index (χ1n) is 6.74. The normalized spacial score (nSPS) is 12.8. The fourth-order valence-electron chi connectivity index (χ4n) is 1.42. The molecule has 0 atom stereocenters. The third-order valence-corrected chi connectivity index (χ3v) is 3.33.